The zero-order chi connectivity index (χ0) is 18.4. The molecule has 2 amide bonds. The second-order valence-corrected chi connectivity index (χ2v) is 6.46. The molecular formula is C18H24N2O5. The van der Waals surface area contributed by atoms with Crippen LogP contribution in [0.5, 0.6) is 0 Å². The second kappa shape index (κ2) is 8.11. The Bertz CT molecular complexity index is 634. The zero-order valence-corrected chi connectivity index (χ0v) is 14.3. The van der Waals surface area contributed by atoms with Crippen LogP contribution in [0.1, 0.15) is 25.3 Å². The number of carbonyl (C=O) groups excluding carboxylic acids is 2. The number of aliphatic hydroxyl groups excluding tert-OH is 1. The van der Waals surface area contributed by atoms with Gasteiger partial charge in [0.1, 0.15) is 5.41 Å². The molecule has 1 aromatic rings. The number of carboxylic acids is 1. The number of nitrogens with zero attached hydrogens (tertiary/aromatic N) is 1. The Morgan fingerprint density at radius 3 is 2.52 bits per heavy atom. The number of nitrogens with one attached hydrogen (secondary N) is 1. The molecule has 0 radical (unpaired) electrons. The number of benzene rings is 1. The number of hydrogen-bond acceptors (Lipinski definition) is 4. The van der Waals surface area contributed by atoms with E-state index in [-0.39, 0.29) is 50.7 Å². The van der Waals surface area contributed by atoms with Gasteiger partial charge in [0.15, 0.2) is 0 Å². The summed E-state index contributed by atoms with van der Waals surface area (Å²) in [6.07, 6.45) is -0.614. The quantitative estimate of drug-likeness (QED) is 0.691. The molecular weight excluding hydrogens is 324 g/mol. The molecule has 7 nitrogen and oxygen atoms in total. The summed E-state index contributed by atoms with van der Waals surface area (Å²) < 4.78 is 0. The number of piperidine rings is 1. The summed E-state index contributed by atoms with van der Waals surface area (Å²) in [5.41, 5.74) is -0.454. The van der Waals surface area contributed by atoms with Crippen molar-refractivity contribution in [2.24, 2.45) is 5.41 Å². The second-order valence-electron chi connectivity index (χ2n) is 6.46. The molecule has 1 heterocycles. The molecule has 25 heavy (non-hydrogen) atoms. The van der Waals surface area contributed by atoms with E-state index in [1.165, 1.54) is 11.8 Å². The summed E-state index contributed by atoms with van der Waals surface area (Å²) in [7, 11) is 0. The number of likely N-dealkylation sites (tertiary alicyclic amines) is 1. The minimum Gasteiger partial charge on any atom is -0.481 e. The van der Waals surface area contributed by atoms with Crippen LogP contribution in [0, 0.1) is 5.41 Å². The van der Waals surface area contributed by atoms with Gasteiger partial charge in [-0.05, 0) is 18.4 Å². The maximum atomic E-state index is 12.2. The Balaban J connectivity index is 2.03. The zero-order valence-electron chi connectivity index (χ0n) is 14.3. The number of amides is 2. The summed E-state index contributed by atoms with van der Waals surface area (Å²) in [6, 6.07) is 9.18. The Hall–Kier alpha value is -2.41. The third-order valence-electron chi connectivity index (χ3n) is 4.71. The highest BCUT2D eigenvalue weighted by atomic mass is 16.4. The number of carboxylic acid groups (broad SMARTS) is 1. The Labute approximate surface area is 146 Å². The summed E-state index contributed by atoms with van der Waals surface area (Å²) in [5, 5.41) is 22.8. The third kappa shape index (κ3) is 4.57. The molecule has 2 atom stereocenters. The van der Waals surface area contributed by atoms with Gasteiger partial charge < -0.3 is 20.4 Å². The van der Waals surface area contributed by atoms with Gasteiger partial charge in [-0.25, -0.2) is 0 Å². The summed E-state index contributed by atoms with van der Waals surface area (Å²) in [6.45, 7) is 1.86. The minimum absolute atomic E-state index is 0.0158. The number of rotatable bonds is 6. The number of aliphatic hydroxyl groups is 1. The van der Waals surface area contributed by atoms with Gasteiger partial charge in [-0.1, -0.05) is 30.3 Å². The number of β-amino-alcohol motifs (C(OH)–C–C–N with tert-alkyl or cyclic N) is 1. The first-order valence-electron chi connectivity index (χ1n) is 8.33. The molecule has 1 fully saturated rings. The van der Waals surface area contributed by atoms with E-state index in [0.29, 0.717) is 0 Å². The van der Waals surface area contributed by atoms with E-state index in [1.54, 1.807) is 0 Å². The van der Waals surface area contributed by atoms with Crippen molar-refractivity contribution in [2.75, 3.05) is 19.6 Å². The maximum Gasteiger partial charge on any atom is 0.312 e. The third-order valence-corrected chi connectivity index (χ3v) is 4.71. The van der Waals surface area contributed by atoms with E-state index >= 15 is 0 Å². The fourth-order valence-electron chi connectivity index (χ4n) is 3.20. The molecule has 0 saturated carbocycles. The summed E-state index contributed by atoms with van der Waals surface area (Å²) in [4.78, 5) is 36.4. The van der Waals surface area contributed by atoms with Crippen LogP contribution in [0.15, 0.2) is 30.3 Å². The molecule has 0 aliphatic carbocycles. The van der Waals surface area contributed by atoms with E-state index in [9.17, 15) is 24.6 Å². The highest BCUT2D eigenvalue weighted by Gasteiger charge is 2.49. The lowest BCUT2D eigenvalue weighted by atomic mass is 9.71. The maximum absolute atomic E-state index is 12.2. The van der Waals surface area contributed by atoms with Crippen LogP contribution in [0.4, 0.5) is 0 Å². The van der Waals surface area contributed by atoms with E-state index in [2.05, 4.69) is 5.32 Å². The van der Waals surface area contributed by atoms with Crippen molar-refractivity contribution in [3.05, 3.63) is 35.9 Å². The monoisotopic (exact) mass is 348 g/mol. The standard InChI is InChI=1S/C18H24N2O5/c1-13(21)19-9-7-16(23)20-10-8-18(17(24)25,15(22)12-20)11-14-5-3-2-4-6-14/h2-6,15,22H,7-12H2,1H3,(H,19,21)(H,24,25)/t15-,18-/m1/s1. The Kier molecular flexibility index (Phi) is 6.14. The van der Waals surface area contributed by atoms with E-state index in [4.69, 9.17) is 0 Å². The fourth-order valence-corrected chi connectivity index (χ4v) is 3.20. The molecule has 0 unspecified atom stereocenters. The van der Waals surface area contributed by atoms with Crippen molar-refractivity contribution in [3.63, 3.8) is 0 Å². The van der Waals surface area contributed by atoms with E-state index in [1.807, 2.05) is 30.3 Å². The number of aliphatic carboxylic acids is 1. The summed E-state index contributed by atoms with van der Waals surface area (Å²) in [5.74, 6) is -1.46. The smallest absolute Gasteiger partial charge is 0.312 e. The molecule has 7 heteroatoms. The lowest BCUT2D eigenvalue weighted by Crippen LogP contribution is -2.57. The van der Waals surface area contributed by atoms with Gasteiger partial charge in [-0.3, -0.25) is 14.4 Å². The normalized spacial score (nSPS) is 23.1. The molecule has 1 aromatic carbocycles. The van der Waals surface area contributed by atoms with Crippen molar-refractivity contribution in [1.82, 2.24) is 10.2 Å². The first-order valence-corrected chi connectivity index (χ1v) is 8.33. The molecule has 1 aliphatic heterocycles. The lowest BCUT2D eigenvalue weighted by Gasteiger charge is -2.43. The topological polar surface area (TPSA) is 107 Å². The van der Waals surface area contributed by atoms with E-state index in [0.717, 1.165) is 5.56 Å². The van der Waals surface area contributed by atoms with Gasteiger partial charge in [-0.2, -0.15) is 0 Å². The highest BCUT2D eigenvalue weighted by molar-refractivity contribution is 5.80. The average Bonchev–Trinajstić information content (AvgIpc) is 2.57. The average molecular weight is 348 g/mol. The van der Waals surface area contributed by atoms with Crippen LogP contribution in [0.25, 0.3) is 0 Å². The van der Waals surface area contributed by atoms with Crippen LogP contribution < -0.4 is 5.32 Å². The van der Waals surface area contributed by atoms with Gasteiger partial charge in [0, 0.05) is 33.0 Å². The first kappa shape index (κ1) is 18.9. The largest absolute Gasteiger partial charge is 0.481 e. The van der Waals surface area contributed by atoms with Crippen LogP contribution in [0.3, 0.4) is 0 Å². The van der Waals surface area contributed by atoms with Crippen LogP contribution in [0.2, 0.25) is 0 Å². The van der Waals surface area contributed by atoms with Gasteiger partial charge in [0.2, 0.25) is 11.8 Å². The predicted molar refractivity (Wildman–Crippen MR) is 90.7 cm³/mol. The minimum atomic E-state index is -1.30. The molecule has 2 rings (SSSR count). The van der Waals surface area contributed by atoms with Gasteiger partial charge in [-0.15, -0.1) is 0 Å². The van der Waals surface area contributed by atoms with Crippen molar-refractivity contribution in [1.29, 1.82) is 0 Å². The summed E-state index contributed by atoms with van der Waals surface area (Å²) >= 11 is 0. The molecule has 0 spiro atoms. The van der Waals surface area contributed by atoms with E-state index < -0.39 is 17.5 Å². The molecule has 136 valence electrons. The van der Waals surface area contributed by atoms with Crippen molar-refractivity contribution >= 4 is 17.8 Å². The molecule has 0 bridgehead atoms. The highest BCUT2D eigenvalue weighted by Crippen LogP contribution is 2.36. The molecule has 1 saturated heterocycles. The van der Waals surface area contributed by atoms with Crippen molar-refractivity contribution < 1.29 is 24.6 Å². The first-order chi connectivity index (χ1) is 11.8. The van der Waals surface area contributed by atoms with Gasteiger partial charge in [0.05, 0.1) is 6.10 Å². The fraction of sp³-hybridized carbons (Fsp3) is 0.500. The van der Waals surface area contributed by atoms with Crippen LogP contribution in [-0.4, -0.2) is 58.6 Å². The molecule has 1 aliphatic rings. The number of carbonyl (C=O) groups is 3. The Morgan fingerprint density at radius 2 is 1.96 bits per heavy atom. The predicted octanol–water partition coefficient (Wildman–Crippen LogP) is 0.419. The van der Waals surface area contributed by atoms with Gasteiger partial charge in [0.25, 0.3) is 0 Å². The van der Waals surface area contributed by atoms with Gasteiger partial charge >= 0.3 is 5.97 Å². The molecule has 3 N–H and O–H groups in total. The van der Waals surface area contributed by atoms with Crippen LogP contribution >= 0.6 is 0 Å². The lowest BCUT2D eigenvalue weighted by molar-refractivity contribution is -0.166. The van der Waals surface area contributed by atoms with Crippen molar-refractivity contribution in [2.45, 2.75) is 32.3 Å². The molecule has 0 aromatic heterocycles. The van der Waals surface area contributed by atoms with Crippen molar-refractivity contribution in [3.8, 4) is 0 Å². The Morgan fingerprint density at radius 1 is 1.28 bits per heavy atom. The van der Waals surface area contributed by atoms with Crippen LogP contribution in [-0.2, 0) is 20.8 Å². The SMILES string of the molecule is CC(=O)NCCC(=O)N1CC[C@](Cc2ccccc2)(C(=O)O)[C@H](O)C1. The number of hydrogen-bond donors (Lipinski definition) is 3.